The van der Waals surface area contributed by atoms with Gasteiger partial charge in [0.25, 0.3) is 0 Å². The predicted octanol–water partition coefficient (Wildman–Crippen LogP) is 4.05. The van der Waals surface area contributed by atoms with Crippen LogP contribution in [0.15, 0.2) is 54.5 Å². The molecule has 0 aliphatic carbocycles. The quantitative estimate of drug-likeness (QED) is 0.464. The van der Waals surface area contributed by atoms with Gasteiger partial charge in [0.05, 0.1) is 10.9 Å². The molecule has 7 nitrogen and oxygen atoms in total. The summed E-state index contributed by atoms with van der Waals surface area (Å²) in [5.41, 5.74) is 12.9. The first-order valence-corrected chi connectivity index (χ1v) is 10.5. The van der Waals surface area contributed by atoms with Gasteiger partial charge in [0.1, 0.15) is 17.8 Å². The fourth-order valence-corrected chi connectivity index (χ4v) is 4.08. The number of aryl methyl sites for hydroxylation is 1. The molecule has 1 aliphatic rings. The number of carbonyl (C=O) groups is 1. The first kappa shape index (κ1) is 20.8. The minimum absolute atomic E-state index is 0.185. The van der Waals surface area contributed by atoms with Gasteiger partial charge in [-0.3, -0.25) is 9.78 Å². The second-order valence-electron chi connectivity index (χ2n) is 7.21. The van der Waals surface area contributed by atoms with E-state index in [9.17, 15) is 4.79 Å². The number of benzene rings is 1. The van der Waals surface area contributed by atoms with Crippen LogP contribution in [-0.4, -0.2) is 32.5 Å². The molecule has 158 valence electrons. The molecule has 0 saturated carbocycles. The average molecular weight is 435 g/mol. The third-order valence-electron chi connectivity index (χ3n) is 5.36. The number of nitrogens with zero attached hydrogens (tertiary/aromatic N) is 4. The summed E-state index contributed by atoms with van der Waals surface area (Å²) >= 11 is 5.03. The molecular weight excluding hydrogens is 412 g/mol. The number of anilines is 1. The Morgan fingerprint density at radius 2 is 2.06 bits per heavy atom. The van der Waals surface area contributed by atoms with Crippen molar-refractivity contribution in [1.82, 2.24) is 24.8 Å². The van der Waals surface area contributed by atoms with E-state index < -0.39 is 0 Å². The molecule has 3 aromatic heterocycles. The van der Waals surface area contributed by atoms with Gasteiger partial charge in [-0.15, -0.1) is 0 Å². The van der Waals surface area contributed by atoms with Gasteiger partial charge in [0.2, 0.25) is 5.91 Å². The average Bonchev–Trinajstić information content (AvgIpc) is 3.15. The summed E-state index contributed by atoms with van der Waals surface area (Å²) in [6, 6.07) is 10.4. The van der Waals surface area contributed by atoms with E-state index in [4.69, 9.17) is 17.3 Å². The lowest BCUT2D eigenvalue weighted by Crippen LogP contribution is -2.13. The Bertz CT molecular complexity index is 1280. The van der Waals surface area contributed by atoms with E-state index in [0.717, 1.165) is 46.0 Å². The Labute approximate surface area is 185 Å². The van der Waals surface area contributed by atoms with E-state index >= 15 is 0 Å². The lowest BCUT2D eigenvalue weighted by molar-refractivity contribution is -0.116. The zero-order valence-corrected chi connectivity index (χ0v) is 17.9. The molecule has 3 N–H and O–H groups in total. The fourth-order valence-electron chi connectivity index (χ4n) is 3.96. The Kier molecular flexibility index (Phi) is 6.13. The van der Waals surface area contributed by atoms with Crippen molar-refractivity contribution in [2.75, 3.05) is 12.8 Å². The number of likely N-dealkylation sites (N-methyl/N-ethyl adjacent to an activating group) is 1. The maximum absolute atomic E-state index is 10.1. The van der Waals surface area contributed by atoms with E-state index in [1.54, 1.807) is 13.4 Å². The van der Waals surface area contributed by atoms with E-state index in [0.29, 0.717) is 5.82 Å². The van der Waals surface area contributed by atoms with Crippen molar-refractivity contribution in [3.05, 3.63) is 60.2 Å². The van der Waals surface area contributed by atoms with Crippen molar-refractivity contribution in [2.24, 2.45) is 0 Å². The number of nitrogens with one attached hydrogen (secondary N) is 1. The summed E-state index contributed by atoms with van der Waals surface area (Å²) in [6.07, 6.45) is 8.15. The van der Waals surface area contributed by atoms with Gasteiger partial charge >= 0.3 is 0 Å². The summed E-state index contributed by atoms with van der Waals surface area (Å²) in [6.45, 7) is 0.989. The number of nitrogen functional groups attached to an aromatic ring is 1. The van der Waals surface area contributed by atoms with Crippen molar-refractivity contribution >= 4 is 45.3 Å². The normalized spacial score (nSPS) is 13.1. The molecular formula is C23H23ClN6O. The number of fused-ring (bicyclic) bond motifs is 4. The third-order valence-corrected chi connectivity index (χ3v) is 5.49. The van der Waals surface area contributed by atoms with Crippen LogP contribution in [0, 0.1) is 0 Å². The molecule has 0 radical (unpaired) electrons. The molecule has 0 spiro atoms. The largest absolute Gasteiger partial charge is 0.383 e. The standard InChI is InChI=1S/C19H17N5.C4H6ClNO/c20-18-17-16(13-9-12-5-1-2-6-14(12)21-10-13)15-7-3-4-8-24(15)19(17)23-11-22-18;1-6-4(7)2-3-5/h1-2,5-6,9-11H,3-4,7-8H2,(H2,20,22,23);2-3H,1H3,(H,6,7)/b;3-2-. The molecule has 31 heavy (non-hydrogen) atoms. The Balaban J connectivity index is 0.000000289. The van der Waals surface area contributed by atoms with Gasteiger partial charge in [0.15, 0.2) is 0 Å². The molecule has 1 aromatic carbocycles. The van der Waals surface area contributed by atoms with Gasteiger partial charge in [-0.25, -0.2) is 9.97 Å². The number of amides is 1. The van der Waals surface area contributed by atoms with Gasteiger partial charge in [-0.2, -0.15) is 0 Å². The van der Waals surface area contributed by atoms with E-state index in [1.807, 2.05) is 24.4 Å². The van der Waals surface area contributed by atoms with Crippen molar-refractivity contribution in [3.8, 4) is 11.1 Å². The zero-order valence-electron chi connectivity index (χ0n) is 17.2. The highest BCUT2D eigenvalue weighted by atomic mass is 35.5. The van der Waals surface area contributed by atoms with Crippen LogP contribution in [0.3, 0.4) is 0 Å². The SMILES string of the molecule is CNC(=O)/C=C\Cl.Nc1ncnc2c1c(-c1cnc3ccccc3c1)c1n2CCCC1. The maximum Gasteiger partial charge on any atom is 0.244 e. The molecule has 1 aliphatic heterocycles. The van der Waals surface area contributed by atoms with Crippen molar-refractivity contribution in [3.63, 3.8) is 0 Å². The second kappa shape index (κ2) is 9.14. The number of hydrogen-bond acceptors (Lipinski definition) is 5. The van der Waals surface area contributed by atoms with Crippen LogP contribution in [0.25, 0.3) is 33.1 Å². The van der Waals surface area contributed by atoms with E-state index in [2.05, 4.69) is 37.0 Å². The number of pyridine rings is 1. The Morgan fingerprint density at radius 3 is 2.84 bits per heavy atom. The molecule has 8 heteroatoms. The molecule has 4 heterocycles. The number of rotatable bonds is 2. The van der Waals surface area contributed by atoms with Crippen LogP contribution in [-0.2, 0) is 17.8 Å². The maximum atomic E-state index is 10.1. The molecule has 0 bridgehead atoms. The number of aromatic nitrogens is 4. The van der Waals surface area contributed by atoms with Crippen LogP contribution in [0.4, 0.5) is 5.82 Å². The lowest BCUT2D eigenvalue weighted by atomic mass is 9.99. The van der Waals surface area contributed by atoms with Gasteiger partial charge in [-0.1, -0.05) is 29.8 Å². The minimum atomic E-state index is -0.185. The minimum Gasteiger partial charge on any atom is -0.383 e. The van der Waals surface area contributed by atoms with Gasteiger partial charge in [-0.05, 0) is 31.4 Å². The highest BCUT2D eigenvalue weighted by Gasteiger charge is 2.24. The van der Waals surface area contributed by atoms with Crippen LogP contribution in [0.1, 0.15) is 18.5 Å². The summed E-state index contributed by atoms with van der Waals surface area (Å²) < 4.78 is 2.31. The topological polar surface area (TPSA) is 98.7 Å². The predicted molar refractivity (Wildman–Crippen MR) is 125 cm³/mol. The lowest BCUT2D eigenvalue weighted by Gasteiger charge is -2.16. The molecule has 4 aromatic rings. The first-order chi connectivity index (χ1) is 15.1. The van der Waals surface area contributed by atoms with E-state index in [-0.39, 0.29) is 5.91 Å². The zero-order chi connectivity index (χ0) is 21.8. The third kappa shape index (κ3) is 4.09. The highest BCUT2D eigenvalue weighted by molar-refractivity contribution is 6.26. The smallest absolute Gasteiger partial charge is 0.244 e. The second-order valence-corrected chi connectivity index (χ2v) is 7.46. The Hall–Kier alpha value is -3.45. The number of hydrogen-bond donors (Lipinski definition) is 2. The fraction of sp³-hybridized carbons (Fsp3) is 0.217. The van der Waals surface area contributed by atoms with Crippen molar-refractivity contribution in [1.29, 1.82) is 0 Å². The van der Waals surface area contributed by atoms with Crippen LogP contribution in [0.5, 0.6) is 0 Å². The van der Waals surface area contributed by atoms with Crippen LogP contribution in [0.2, 0.25) is 0 Å². The van der Waals surface area contributed by atoms with Gasteiger partial charge < -0.3 is 15.6 Å². The first-order valence-electron chi connectivity index (χ1n) is 10.1. The number of halogens is 1. The molecule has 0 fully saturated rings. The molecule has 0 atom stereocenters. The summed E-state index contributed by atoms with van der Waals surface area (Å²) in [5, 5.41) is 4.45. The number of nitrogens with two attached hydrogens (primary N) is 1. The molecule has 0 saturated heterocycles. The Morgan fingerprint density at radius 1 is 1.23 bits per heavy atom. The van der Waals surface area contributed by atoms with E-state index in [1.165, 1.54) is 30.1 Å². The molecule has 5 rings (SSSR count). The number of para-hydroxylation sites is 1. The van der Waals surface area contributed by atoms with Crippen molar-refractivity contribution in [2.45, 2.75) is 25.8 Å². The van der Waals surface area contributed by atoms with Gasteiger partial charge in [0, 0.05) is 53.6 Å². The van der Waals surface area contributed by atoms with Crippen molar-refractivity contribution < 1.29 is 4.79 Å². The molecule has 0 unspecified atom stereocenters. The summed E-state index contributed by atoms with van der Waals surface area (Å²) in [5.74, 6) is 0.361. The summed E-state index contributed by atoms with van der Waals surface area (Å²) in [4.78, 5) is 23.5. The highest BCUT2D eigenvalue weighted by Crippen LogP contribution is 2.39. The summed E-state index contributed by atoms with van der Waals surface area (Å²) in [7, 11) is 1.54. The van der Waals surface area contributed by atoms with Crippen LogP contribution >= 0.6 is 11.6 Å². The number of carbonyl (C=O) groups excluding carboxylic acids is 1. The molecule has 1 amide bonds. The monoisotopic (exact) mass is 434 g/mol. The van der Waals surface area contributed by atoms with Crippen LogP contribution < -0.4 is 11.1 Å².